The Hall–Kier alpha value is -1.53. The van der Waals surface area contributed by atoms with Crippen LogP contribution in [-0.2, 0) is 5.60 Å². The van der Waals surface area contributed by atoms with E-state index in [9.17, 15) is 9.90 Å². The van der Waals surface area contributed by atoms with E-state index in [0.29, 0.717) is 12.3 Å². The zero-order chi connectivity index (χ0) is 15.9. The molecule has 0 radical (unpaired) electrons. The van der Waals surface area contributed by atoms with Gasteiger partial charge in [-0.1, -0.05) is 13.8 Å². The van der Waals surface area contributed by atoms with Crippen molar-refractivity contribution in [2.45, 2.75) is 39.2 Å². The maximum absolute atomic E-state index is 11.6. The molecule has 0 aromatic carbocycles. The van der Waals surface area contributed by atoms with Gasteiger partial charge in [-0.05, 0) is 37.3 Å². The third-order valence-electron chi connectivity index (χ3n) is 3.39. The van der Waals surface area contributed by atoms with Crippen LogP contribution in [0.15, 0.2) is 22.8 Å². The molecule has 0 saturated carbocycles. The molecule has 0 aliphatic heterocycles. The molecule has 6 heteroatoms. The van der Waals surface area contributed by atoms with Gasteiger partial charge in [0.1, 0.15) is 11.4 Å². The summed E-state index contributed by atoms with van der Waals surface area (Å²) < 4.78 is 5.13. The summed E-state index contributed by atoms with van der Waals surface area (Å²) >= 11 is 0. The Morgan fingerprint density at radius 2 is 2.05 bits per heavy atom. The monoisotopic (exact) mass is 298 g/mol. The van der Waals surface area contributed by atoms with Crippen LogP contribution in [0.25, 0.3) is 0 Å². The highest BCUT2D eigenvalue weighted by atomic mass is 16.4. The zero-order valence-corrected chi connectivity index (χ0v) is 13.0. The molecule has 6 nitrogen and oxygen atoms in total. The van der Waals surface area contributed by atoms with Gasteiger partial charge in [0, 0.05) is 13.2 Å². The summed E-state index contributed by atoms with van der Waals surface area (Å²) in [4.78, 5) is 11.6. The van der Waals surface area contributed by atoms with Crippen molar-refractivity contribution < 1.29 is 19.4 Å². The maximum atomic E-state index is 11.6. The summed E-state index contributed by atoms with van der Waals surface area (Å²) in [6.45, 7) is 6.26. The lowest BCUT2D eigenvalue weighted by atomic mass is 9.89. The standard InChI is InChI=1S/C15H26N2O4/c1-14(2,11-18)7-5-8-16-13(19)17-10-15(3,20)12-6-4-9-21-12/h4,6,9,18,20H,5,7-8,10-11H2,1-3H3,(H2,16,17,19). The van der Waals surface area contributed by atoms with Crippen molar-refractivity contribution in [1.82, 2.24) is 10.6 Å². The number of furan rings is 1. The SMILES string of the molecule is CC(C)(CO)CCCNC(=O)NCC(C)(O)c1ccco1. The Balaban J connectivity index is 2.23. The van der Waals surface area contributed by atoms with Gasteiger partial charge in [-0.2, -0.15) is 0 Å². The third-order valence-corrected chi connectivity index (χ3v) is 3.39. The molecular weight excluding hydrogens is 272 g/mol. The van der Waals surface area contributed by atoms with Gasteiger partial charge in [0.2, 0.25) is 0 Å². The molecule has 1 rings (SSSR count). The van der Waals surface area contributed by atoms with Crippen LogP contribution < -0.4 is 10.6 Å². The number of hydrogen-bond acceptors (Lipinski definition) is 4. The number of nitrogens with one attached hydrogen (secondary N) is 2. The molecular formula is C15H26N2O4. The van der Waals surface area contributed by atoms with Crippen LogP contribution in [0.2, 0.25) is 0 Å². The molecule has 21 heavy (non-hydrogen) atoms. The van der Waals surface area contributed by atoms with E-state index in [1.54, 1.807) is 19.1 Å². The van der Waals surface area contributed by atoms with Crippen molar-refractivity contribution in [3.63, 3.8) is 0 Å². The van der Waals surface area contributed by atoms with Crippen LogP contribution in [0, 0.1) is 5.41 Å². The summed E-state index contributed by atoms with van der Waals surface area (Å²) in [7, 11) is 0. The van der Waals surface area contributed by atoms with Gasteiger partial charge >= 0.3 is 6.03 Å². The quantitative estimate of drug-likeness (QED) is 0.548. The van der Waals surface area contributed by atoms with Crippen LogP contribution in [0.3, 0.4) is 0 Å². The van der Waals surface area contributed by atoms with E-state index in [1.807, 2.05) is 13.8 Å². The molecule has 0 aliphatic carbocycles. The fraction of sp³-hybridized carbons (Fsp3) is 0.667. The summed E-state index contributed by atoms with van der Waals surface area (Å²) in [5.74, 6) is 0.410. The van der Waals surface area contributed by atoms with E-state index in [4.69, 9.17) is 9.52 Å². The van der Waals surface area contributed by atoms with E-state index in [1.165, 1.54) is 6.26 Å². The molecule has 2 amide bonds. The molecule has 1 aromatic heterocycles. The van der Waals surface area contributed by atoms with Gasteiger partial charge in [-0.15, -0.1) is 0 Å². The predicted molar refractivity (Wildman–Crippen MR) is 79.8 cm³/mol. The van der Waals surface area contributed by atoms with Gasteiger partial charge < -0.3 is 25.3 Å². The summed E-state index contributed by atoms with van der Waals surface area (Å²) in [5.41, 5.74) is -1.36. The highest BCUT2D eigenvalue weighted by Gasteiger charge is 2.26. The molecule has 1 heterocycles. The van der Waals surface area contributed by atoms with Gasteiger partial charge in [0.05, 0.1) is 12.8 Å². The van der Waals surface area contributed by atoms with Crippen LogP contribution in [0.5, 0.6) is 0 Å². The minimum absolute atomic E-state index is 0.0640. The first kappa shape index (κ1) is 17.5. The van der Waals surface area contributed by atoms with Crippen molar-refractivity contribution in [1.29, 1.82) is 0 Å². The Labute approximate surface area is 125 Å². The predicted octanol–water partition coefficient (Wildman–Crippen LogP) is 1.59. The first-order valence-electron chi connectivity index (χ1n) is 7.16. The number of aliphatic hydroxyl groups is 2. The molecule has 0 spiro atoms. The topological polar surface area (TPSA) is 94.7 Å². The number of carbonyl (C=O) groups is 1. The lowest BCUT2D eigenvalue weighted by Gasteiger charge is -2.22. The molecule has 4 N–H and O–H groups in total. The van der Waals surface area contributed by atoms with Crippen LogP contribution in [-0.4, -0.2) is 35.9 Å². The number of hydrogen-bond donors (Lipinski definition) is 4. The highest BCUT2D eigenvalue weighted by Crippen LogP contribution is 2.20. The average Bonchev–Trinajstić information content (AvgIpc) is 2.96. The van der Waals surface area contributed by atoms with E-state index in [0.717, 1.165) is 12.8 Å². The van der Waals surface area contributed by atoms with Gasteiger partial charge in [0.25, 0.3) is 0 Å². The minimum Gasteiger partial charge on any atom is -0.466 e. The van der Waals surface area contributed by atoms with Crippen molar-refractivity contribution in [2.75, 3.05) is 19.7 Å². The molecule has 120 valence electrons. The normalized spacial score (nSPS) is 14.5. The Morgan fingerprint density at radius 1 is 1.33 bits per heavy atom. The fourth-order valence-corrected chi connectivity index (χ4v) is 1.83. The second-order valence-corrected chi connectivity index (χ2v) is 6.29. The molecule has 0 bridgehead atoms. The van der Waals surface area contributed by atoms with Crippen LogP contribution >= 0.6 is 0 Å². The third kappa shape index (κ3) is 6.18. The number of rotatable bonds is 8. The van der Waals surface area contributed by atoms with Gasteiger partial charge in [-0.25, -0.2) is 4.79 Å². The van der Waals surface area contributed by atoms with E-state index >= 15 is 0 Å². The Bertz CT molecular complexity index is 427. The highest BCUT2D eigenvalue weighted by molar-refractivity contribution is 5.73. The van der Waals surface area contributed by atoms with Crippen LogP contribution in [0.1, 0.15) is 39.4 Å². The lowest BCUT2D eigenvalue weighted by Crippen LogP contribution is -2.43. The first-order valence-corrected chi connectivity index (χ1v) is 7.16. The summed E-state index contributed by atoms with van der Waals surface area (Å²) in [6, 6.07) is 3.02. The molecule has 1 unspecified atom stereocenters. The second kappa shape index (κ2) is 7.47. The lowest BCUT2D eigenvalue weighted by molar-refractivity contribution is 0.0367. The number of amides is 2. The van der Waals surface area contributed by atoms with Crippen molar-refractivity contribution in [2.24, 2.45) is 5.41 Å². The molecule has 0 aliphatic rings. The van der Waals surface area contributed by atoms with Gasteiger partial charge in [-0.3, -0.25) is 0 Å². The van der Waals surface area contributed by atoms with Crippen molar-refractivity contribution in [3.8, 4) is 0 Å². The Kier molecular flexibility index (Phi) is 6.23. The van der Waals surface area contributed by atoms with E-state index in [-0.39, 0.29) is 24.6 Å². The van der Waals surface area contributed by atoms with Crippen LogP contribution in [0.4, 0.5) is 4.79 Å². The molecule has 0 saturated heterocycles. The molecule has 0 fully saturated rings. The van der Waals surface area contributed by atoms with E-state index in [2.05, 4.69) is 10.6 Å². The largest absolute Gasteiger partial charge is 0.466 e. The van der Waals surface area contributed by atoms with Crippen molar-refractivity contribution in [3.05, 3.63) is 24.2 Å². The number of carbonyl (C=O) groups excluding carboxylic acids is 1. The summed E-state index contributed by atoms with van der Waals surface area (Å²) in [6.07, 6.45) is 3.09. The maximum Gasteiger partial charge on any atom is 0.314 e. The Morgan fingerprint density at radius 3 is 2.62 bits per heavy atom. The molecule has 1 atom stereocenters. The smallest absolute Gasteiger partial charge is 0.314 e. The van der Waals surface area contributed by atoms with Crippen molar-refractivity contribution >= 4 is 6.03 Å². The summed E-state index contributed by atoms with van der Waals surface area (Å²) in [5, 5.41) is 24.6. The zero-order valence-electron chi connectivity index (χ0n) is 13.0. The number of urea groups is 1. The molecule has 1 aromatic rings. The minimum atomic E-state index is -1.24. The first-order chi connectivity index (χ1) is 9.77. The number of aliphatic hydroxyl groups excluding tert-OH is 1. The average molecular weight is 298 g/mol. The second-order valence-electron chi connectivity index (χ2n) is 6.29. The van der Waals surface area contributed by atoms with E-state index < -0.39 is 5.60 Å². The fourth-order valence-electron chi connectivity index (χ4n) is 1.83. The van der Waals surface area contributed by atoms with Gasteiger partial charge in [0.15, 0.2) is 0 Å².